The topological polar surface area (TPSA) is 78.0 Å². The van der Waals surface area contributed by atoms with Crippen molar-refractivity contribution < 1.29 is 18.0 Å². The van der Waals surface area contributed by atoms with Gasteiger partial charge in [-0.15, -0.1) is 0 Å². The van der Waals surface area contributed by atoms with E-state index in [-0.39, 0.29) is 29.3 Å². The molecular weight excluding hydrogens is 414 g/mol. The zero-order valence-electron chi connectivity index (χ0n) is 18.0. The van der Waals surface area contributed by atoms with Gasteiger partial charge in [0.15, 0.2) is 0 Å². The number of amides is 2. The highest BCUT2D eigenvalue weighted by Crippen LogP contribution is 2.34. The summed E-state index contributed by atoms with van der Waals surface area (Å²) >= 11 is 0. The molecule has 2 heterocycles. The van der Waals surface area contributed by atoms with Gasteiger partial charge in [-0.3, -0.25) is 9.59 Å². The molecule has 0 N–H and O–H groups in total. The molecule has 4 rings (SSSR count). The minimum Gasteiger partial charge on any atom is -0.337 e. The Labute approximate surface area is 183 Å². The third-order valence-corrected chi connectivity index (χ3v) is 7.95. The van der Waals surface area contributed by atoms with Crippen LogP contribution in [0.15, 0.2) is 47.4 Å². The van der Waals surface area contributed by atoms with Gasteiger partial charge in [0.05, 0.1) is 11.4 Å². The Kier molecular flexibility index (Phi) is 5.61. The van der Waals surface area contributed by atoms with Crippen LogP contribution < -0.4 is 4.90 Å². The molecule has 2 aliphatic heterocycles. The fourth-order valence-corrected chi connectivity index (χ4v) is 5.68. The van der Waals surface area contributed by atoms with E-state index in [4.69, 9.17) is 0 Å². The van der Waals surface area contributed by atoms with Crippen molar-refractivity contribution in [2.45, 2.75) is 44.2 Å². The van der Waals surface area contributed by atoms with E-state index in [9.17, 15) is 18.0 Å². The summed E-state index contributed by atoms with van der Waals surface area (Å²) in [6.07, 6.45) is 1.38. The third kappa shape index (κ3) is 3.97. The summed E-state index contributed by atoms with van der Waals surface area (Å²) < 4.78 is 27.4. The van der Waals surface area contributed by atoms with Gasteiger partial charge < -0.3 is 9.80 Å². The highest BCUT2D eigenvalue weighted by molar-refractivity contribution is 7.89. The monoisotopic (exact) mass is 441 g/mol. The molecule has 0 aromatic heterocycles. The first-order chi connectivity index (χ1) is 14.7. The minimum atomic E-state index is -3.83. The number of hydrogen-bond acceptors (Lipinski definition) is 4. The van der Waals surface area contributed by atoms with Gasteiger partial charge in [-0.2, -0.15) is 4.31 Å². The standard InChI is InChI=1S/C23H27N3O4S/c1-16-12-20-13-21(8-9-22(20)26(16)17(2)27)31(29,30)24(3)15-23(28)25-11-10-18-6-4-5-7-19(18)14-25/h4-9,13,16H,10-12,14-15H2,1-3H3/t16-/m0/s1. The third-order valence-electron chi connectivity index (χ3n) is 6.16. The molecule has 0 aliphatic carbocycles. The molecule has 0 unspecified atom stereocenters. The molecule has 0 spiro atoms. The van der Waals surface area contributed by atoms with Crippen LogP contribution >= 0.6 is 0 Å². The van der Waals surface area contributed by atoms with E-state index in [1.54, 1.807) is 21.9 Å². The second-order valence-corrected chi connectivity index (χ2v) is 10.4. The maximum absolute atomic E-state index is 13.1. The average Bonchev–Trinajstić information content (AvgIpc) is 3.08. The number of anilines is 1. The largest absolute Gasteiger partial charge is 0.337 e. The number of likely N-dealkylation sites (N-methyl/N-ethyl adjacent to an activating group) is 1. The zero-order valence-corrected chi connectivity index (χ0v) is 18.9. The Bertz CT molecular complexity index is 1150. The number of sulfonamides is 1. The van der Waals surface area contributed by atoms with Crippen molar-refractivity contribution in [3.63, 3.8) is 0 Å². The minimum absolute atomic E-state index is 0.00765. The molecule has 2 amide bonds. The zero-order chi connectivity index (χ0) is 22.3. The molecular formula is C23H27N3O4S. The molecule has 2 aromatic rings. The Morgan fingerprint density at radius 3 is 2.52 bits per heavy atom. The van der Waals surface area contributed by atoms with Crippen molar-refractivity contribution >= 4 is 27.5 Å². The van der Waals surface area contributed by atoms with Crippen molar-refractivity contribution in [1.82, 2.24) is 9.21 Å². The number of nitrogens with zero attached hydrogens (tertiary/aromatic N) is 3. The van der Waals surface area contributed by atoms with E-state index in [1.807, 2.05) is 25.1 Å². The molecule has 2 aromatic carbocycles. The smallest absolute Gasteiger partial charge is 0.243 e. The number of rotatable bonds is 4. The van der Waals surface area contributed by atoms with Crippen LogP contribution in [0.5, 0.6) is 0 Å². The molecule has 8 heteroatoms. The van der Waals surface area contributed by atoms with Crippen LogP contribution in [-0.2, 0) is 39.0 Å². The lowest BCUT2D eigenvalue weighted by atomic mass is 10.00. The second-order valence-electron chi connectivity index (χ2n) is 8.33. The van der Waals surface area contributed by atoms with E-state index in [2.05, 4.69) is 6.07 Å². The summed E-state index contributed by atoms with van der Waals surface area (Å²) in [6, 6.07) is 12.8. The predicted molar refractivity (Wildman–Crippen MR) is 118 cm³/mol. The van der Waals surface area contributed by atoms with Crippen LogP contribution in [0.1, 0.15) is 30.5 Å². The number of carbonyl (C=O) groups excluding carboxylic acids is 2. The van der Waals surface area contributed by atoms with Crippen molar-refractivity contribution in [2.24, 2.45) is 0 Å². The van der Waals surface area contributed by atoms with Crippen molar-refractivity contribution in [2.75, 3.05) is 25.0 Å². The van der Waals surface area contributed by atoms with E-state index < -0.39 is 10.0 Å². The second kappa shape index (κ2) is 8.09. The summed E-state index contributed by atoms with van der Waals surface area (Å²) in [5.41, 5.74) is 3.93. The predicted octanol–water partition coefficient (Wildman–Crippen LogP) is 2.19. The van der Waals surface area contributed by atoms with Crippen molar-refractivity contribution in [1.29, 1.82) is 0 Å². The molecule has 1 atom stereocenters. The summed E-state index contributed by atoms with van der Waals surface area (Å²) in [7, 11) is -2.39. The molecule has 0 saturated heterocycles. The molecule has 164 valence electrons. The van der Waals surface area contributed by atoms with Crippen LogP contribution in [0.4, 0.5) is 5.69 Å². The lowest BCUT2D eigenvalue weighted by Gasteiger charge is -2.30. The van der Waals surface area contributed by atoms with Gasteiger partial charge in [-0.25, -0.2) is 8.42 Å². The van der Waals surface area contributed by atoms with Crippen LogP contribution in [0.3, 0.4) is 0 Å². The quantitative estimate of drug-likeness (QED) is 0.729. The maximum atomic E-state index is 13.1. The van der Waals surface area contributed by atoms with Gasteiger partial charge in [-0.05, 0) is 54.7 Å². The van der Waals surface area contributed by atoms with Gasteiger partial charge in [0, 0.05) is 38.8 Å². The molecule has 31 heavy (non-hydrogen) atoms. The number of fused-ring (bicyclic) bond motifs is 2. The lowest BCUT2D eigenvalue weighted by Crippen LogP contribution is -2.43. The Morgan fingerprint density at radius 1 is 1.10 bits per heavy atom. The Morgan fingerprint density at radius 2 is 1.81 bits per heavy atom. The van der Waals surface area contributed by atoms with E-state index >= 15 is 0 Å². The maximum Gasteiger partial charge on any atom is 0.243 e. The normalized spacial score (nSPS) is 18.1. The van der Waals surface area contributed by atoms with Crippen LogP contribution in [0.25, 0.3) is 0 Å². The van der Waals surface area contributed by atoms with E-state index in [1.165, 1.54) is 25.6 Å². The number of benzene rings is 2. The highest BCUT2D eigenvalue weighted by atomic mass is 32.2. The Hall–Kier alpha value is -2.71. The van der Waals surface area contributed by atoms with E-state index in [0.717, 1.165) is 27.5 Å². The van der Waals surface area contributed by atoms with Gasteiger partial charge in [0.1, 0.15) is 0 Å². The Balaban J connectivity index is 1.49. The van der Waals surface area contributed by atoms with Crippen molar-refractivity contribution in [3.8, 4) is 0 Å². The fourth-order valence-electron chi connectivity index (χ4n) is 4.51. The van der Waals surface area contributed by atoms with Gasteiger partial charge >= 0.3 is 0 Å². The van der Waals surface area contributed by atoms with Crippen LogP contribution in [-0.4, -0.2) is 55.6 Å². The summed E-state index contributed by atoms with van der Waals surface area (Å²) in [5.74, 6) is -0.272. The number of carbonyl (C=O) groups is 2. The molecule has 0 bridgehead atoms. The molecule has 0 saturated carbocycles. The molecule has 0 radical (unpaired) electrons. The van der Waals surface area contributed by atoms with E-state index in [0.29, 0.717) is 19.5 Å². The van der Waals surface area contributed by atoms with Crippen LogP contribution in [0.2, 0.25) is 0 Å². The first-order valence-corrected chi connectivity index (χ1v) is 11.9. The highest BCUT2D eigenvalue weighted by Gasteiger charge is 2.32. The summed E-state index contributed by atoms with van der Waals surface area (Å²) in [4.78, 5) is 28.3. The van der Waals surface area contributed by atoms with Gasteiger partial charge in [-0.1, -0.05) is 24.3 Å². The number of hydrogen-bond donors (Lipinski definition) is 0. The molecule has 7 nitrogen and oxygen atoms in total. The van der Waals surface area contributed by atoms with Crippen molar-refractivity contribution in [3.05, 3.63) is 59.2 Å². The molecule has 0 fully saturated rings. The first-order valence-electron chi connectivity index (χ1n) is 10.4. The lowest BCUT2D eigenvalue weighted by molar-refractivity contribution is -0.132. The van der Waals surface area contributed by atoms with Gasteiger partial charge in [0.2, 0.25) is 21.8 Å². The fraction of sp³-hybridized carbons (Fsp3) is 0.391. The summed E-state index contributed by atoms with van der Waals surface area (Å²) in [6.45, 7) is 4.32. The summed E-state index contributed by atoms with van der Waals surface area (Å²) in [5, 5.41) is 0. The van der Waals surface area contributed by atoms with Crippen LogP contribution in [0, 0.1) is 0 Å². The average molecular weight is 442 g/mol. The molecule has 2 aliphatic rings. The SMILES string of the molecule is CC(=O)N1c2ccc(S(=O)(=O)N(C)CC(=O)N3CCc4ccccc4C3)cc2C[C@@H]1C. The first kappa shape index (κ1) is 21.5. The van der Waals surface area contributed by atoms with Gasteiger partial charge in [0.25, 0.3) is 0 Å².